The van der Waals surface area contributed by atoms with Crippen molar-refractivity contribution in [1.82, 2.24) is 14.9 Å². The maximum Gasteiger partial charge on any atom is 0.239 e. The van der Waals surface area contributed by atoms with E-state index in [-0.39, 0.29) is 0 Å². The van der Waals surface area contributed by atoms with Crippen molar-refractivity contribution in [1.29, 1.82) is 0 Å². The van der Waals surface area contributed by atoms with Gasteiger partial charge in [0.2, 0.25) is 5.95 Å². The highest BCUT2D eigenvalue weighted by Crippen LogP contribution is 2.12. The summed E-state index contributed by atoms with van der Waals surface area (Å²) in [6.07, 6.45) is 4.32. The van der Waals surface area contributed by atoms with Crippen molar-refractivity contribution in [2.24, 2.45) is 5.84 Å². The number of hydrogen-bond donors (Lipinski definition) is 3. The molecule has 0 spiro atoms. The van der Waals surface area contributed by atoms with Gasteiger partial charge in [0.1, 0.15) is 5.82 Å². The van der Waals surface area contributed by atoms with Crippen molar-refractivity contribution in [3.63, 3.8) is 0 Å². The molecule has 4 N–H and O–H groups in total. The van der Waals surface area contributed by atoms with Crippen LogP contribution in [0.1, 0.15) is 19.8 Å². The SMILES string of the molecule is CC(CNc1ccnc(NN)n1)N1CCCC1. The summed E-state index contributed by atoms with van der Waals surface area (Å²) < 4.78 is 0. The third-order valence-electron chi connectivity index (χ3n) is 3.13. The van der Waals surface area contributed by atoms with Crippen LogP contribution in [0.15, 0.2) is 12.3 Å². The van der Waals surface area contributed by atoms with Crippen molar-refractivity contribution in [2.75, 3.05) is 30.4 Å². The molecule has 6 nitrogen and oxygen atoms in total. The van der Waals surface area contributed by atoms with Crippen molar-refractivity contribution >= 4 is 11.8 Å². The number of anilines is 2. The summed E-state index contributed by atoms with van der Waals surface area (Å²) in [7, 11) is 0. The predicted octanol–water partition coefficient (Wildman–Crippen LogP) is 0.658. The average Bonchev–Trinajstić information content (AvgIpc) is 2.90. The van der Waals surface area contributed by atoms with Gasteiger partial charge in [0, 0.05) is 18.8 Å². The lowest BCUT2D eigenvalue weighted by atomic mass is 10.3. The molecule has 0 saturated carbocycles. The van der Waals surface area contributed by atoms with Gasteiger partial charge in [0.05, 0.1) is 0 Å². The molecule has 1 saturated heterocycles. The van der Waals surface area contributed by atoms with E-state index >= 15 is 0 Å². The molecule has 1 fully saturated rings. The lowest BCUT2D eigenvalue weighted by molar-refractivity contribution is 0.269. The van der Waals surface area contributed by atoms with Gasteiger partial charge in [-0.2, -0.15) is 4.98 Å². The molecule has 6 heteroatoms. The van der Waals surface area contributed by atoms with Crippen LogP contribution in [0.3, 0.4) is 0 Å². The molecule has 0 amide bonds. The van der Waals surface area contributed by atoms with Crippen LogP contribution in [-0.4, -0.2) is 40.5 Å². The Hall–Kier alpha value is -1.40. The highest BCUT2D eigenvalue weighted by molar-refractivity contribution is 5.38. The first-order valence-corrected chi connectivity index (χ1v) is 6.07. The van der Waals surface area contributed by atoms with Crippen LogP contribution < -0.4 is 16.6 Å². The molecule has 1 aliphatic heterocycles. The fourth-order valence-corrected chi connectivity index (χ4v) is 2.09. The van der Waals surface area contributed by atoms with Gasteiger partial charge >= 0.3 is 0 Å². The number of nitrogens with two attached hydrogens (primary N) is 1. The Morgan fingerprint density at radius 3 is 2.94 bits per heavy atom. The molecule has 1 aromatic heterocycles. The Morgan fingerprint density at radius 2 is 2.24 bits per heavy atom. The zero-order valence-electron chi connectivity index (χ0n) is 10.2. The topological polar surface area (TPSA) is 79.1 Å². The molecule has 1 unspecified atom stereocenters. The van der Waals surface area contributed by atoms with Gasteiger partial charge in [-0.05, 0) is 38.9 Å². The van der Waals surface area contributed by atoms with Gasteiger partial charge in [0.15, 0.2) is 0 Å². The van der Waals surface area contributed by atoms with Crippen LogP contribution in [0.5, 0.6) is 0 Å². The number of hydrogen-bond acceptors (Lipinski definition) is 6. The van der Waals surface area contributed by atoms with Crippen molar-refractivity contribution in [3.8, 4) is 0 Å². The Kier molecular flexibility index (Phi) is 4.11. The summed E-state index contributed by atoms with van der Waals surface area (Å²) in [6, 6.07) is 2.37. The van der Waals surface area contributed by atoms with E-state index in [0.717, 1.165) is 12.4 Å². The summed E-state index contributed by atoms with van der Waals surface area (Å²) in [4.78, 5) is 10.7. The molecule has 2 heterocycles. The van der Waals surface area contributed by atoms with Crippen molar-refractivity contribution in [2.45, 2.75) is 25.8 Å². The summed E-state index contributed by atoms with van der Waals surface area (Å²) in [6.45, 7) is 5.55. The minimum Gasteiger partial charge on any atom is -0.368 e. The highest BCUT2D eigenvalue weighted by atomic mass is 15.3. The molecular formula is C11H20N6. The molecule has 1 aromatic rings. The van der Waals surface area contributed by atoms with E-state index in [9.17, 15) is 0 Å². The Morgan fingerprint density at radius 1 is 1.47 bits per heavy atom. The normalized spacial score (nSPS) is 18.0. The minimum atomic E-state index is 0.434. The zero-order chi connectivity index (χ0) is 12.1. The van der Waals surface area contributed by atoms with Gasteiger partial charge in [0.25, 0.3) is 0 Å². The van der Waals surface area contributed by atoms with E-state index in [0.29, 0.717) is 12.0 Å². The number of rotatable bonds is 5. The summed E-state index contributed by atoms with van der Waals surface area (Å²) in [5.41, 5.74) is 2.44. The molecule has 0 radical (unpaired) electrons. The molecule has 1 aliphatic rings. The van der Waals surface area contributed by atoms with Crippen molar-refractivity contribution in [3.05, 3.63) is 12.3 Å². The van der Waals surface area contributed by atoms with Crippen LogP contribution in [0.4, 0.5) is 11.8 Å². The number of hydrazine groups is 1. The van der Waals surface area contributed by atoms with E-state index in [1.165, 1.54) is 25.9 Å². The van der Waals surface area contributed by atoms with Gasteiger partial charge in [-0.3, -0.25) is 10.3 Å². The standard InChI is InChI=1S/C11H20N6/c1-9(17-6-2-3-7-17)8-14-10-4-5-13-11(15-10)16-12/h4-5,9H,2-3,6-8,12H2,1H3,(H2,13,14,15,16). The van der Waals surface area contributed by atoms with Gasteiger partial charge < -0.3 is 5.32 Å². The largest absolute Gasteiger partial charge is 0.368 e. The summed E-state index contributed by atoms with van der Waals surface area (Å²) in [5, 5.41) is 3.31. The fourth-order valence-electron chi connectivity index (χ4n) is 2.09. The highest BCUT2D eigenvalue weighted by Gasteiger charge is 2.17. The van der Waals surface area contributed by atoms with E-state index in [2.05, 4.69) is 32.5 Å². The zero-order valence-corrected chi connectivity index (χ0v) is 10.2. The Bertz CT molecular complexity index is 350. The van der Waals surface area contributed by atoms with Crippen LogP contribution in [0.2, 0.25) is 0 Å². The van der Waals surface area contributed by atoms with Gasteiger partial charge in [-0.1, -0.05) is 0 Å². The number of nitrogen functional groups attached to an aromatic ring is 1. The molecule has 1 atom stereocenters. The molecule has 0 aliphatic carbocycles. The lowest BCUT2D eigenvalue weighted by Crippen LogP contribution is -2.35. The van der Waals surface area contributed by atoms with E-state index in [1.54, 1.807) is 6.20 Å². The van der Waals surface area contributed by atoms with Crippen LogP contribution in [0, 0.1) is 0 Å². The third-order valence-corrected chi connectivity index (χ3v) is 3.13. The molecule has 0 bridgehead atoms. The van der Waals surface area contributed by atoms with Gasteiger partial charge in [-0.15, -0.1) is 0 Å². The Balaban J connectivity index is 1.83. The molecule has 0 aromatic carbocycles. The average molecular weight is 236 g/mol. The maximum atomic E-state index is 5.26. The minimum absolute atomic E-state index is 0.434. The van der Waals surface area contributed by atoms with E-state index in [1.807, 2.05) is 6.07 Å². The monoisotopic (exact) mass is 236 g/mol. The summed E-state index contributed by atoms with van der Waals surface area (Å²) >= 11 is 0. The number of likely N-dealkylation sites (tertiary alicyclic amines) is 1. The molecule has 17 heavy (non-hydrogen) atoms. The van der Waals surface area contributed by atoms with Gasteiger partial charge in [-0.25, -0.2) is 10.8 Å². The fraction of sp³-hybridized carbons (Fsp3) is 0.636. The second-order valence-electron chi connectivity index (χ2n) is 4.38. The number of aromatic nitrogens is 2. The summed E-state index contributed by atoms with van der Waals surface area (Å²) in [5.74, 6) is 6.50. The predicted molar refractivity (Wildman–Crippen MR) is 68.6 cm³/mol. The first-order valence-electron chi connectivity index (χ1n) is 6.07. The van der Waals surface area contributed by atoms with Crippen LogP contribution in [0.25, 0.3) is 0 Å². The van der Waals surface area contributed by atoms with E-state index in [4.69, 9.17) is 5.84 Å². The Labute approximate surface area is 102 Å². The molecular weight excluding hydrogens is 216 g/mol. The molecule has 94 valence electrons. The number of nitrogens with zero attached hydrogens (tertiary/aromatic N) is 3. The first kappa shape index (κ1) is 12.1. The van der Waals surface area contributed by atoms with E-state index < -0.39 is 0 Å². The van der Waals surface area contributed by atoms with Crippen LogP contribution >= 0.6 is 0 Å². The van der Waals surface area contributed by atoms with Crippen molar-refractivity contribution < 1.29 is 0 Å². The second-order valence-corrected chi connectivity index (χ2v) is 4.38. The second kappa shape index (κ2) is 5.79. The smallest absolute Gasteiger partial charge is 0.239 e. The lowest BCUT2D eigenvalue weighted by Gasteiger charge is -2.24. The first-order chi connectivity index (χ1) is 8.29. The van der Waals surface area contributed by atoms with Crippen LogP contribution in [-0.2, 0) is 0 Å². The quantitative estimate of drug-likeness (QED) is 0.515. The number of nitrogens with one attached hydrogen (secondary N) is 2. The molecule has 2 rings (SSSR count). The third kappa shape index (κ3) is 3.28. The maximum absolute atomic E-state index is 5.26.